The SMILES string of the molecule is CCN(c1ccc(C)cc1)c1ccc(CO)cc1C. The van der Waals surface area contributed by atoms with E-state index in [2.05, 4.69) is 56.0 Å². The molecule has 1 N–H and O–H groups in total. The highest BCUT2D eigenvalue weighted by Gasteiger charge is 2.10. The fraction of sp³-hybridized carbons (Fsp3) is 0.294. The van der Waals surface area contributed by atoms with Gasteiger partial charge in [0.05, 0.1) is 6.61 Å². The van der Waals surface area contributed by atoms with Crippen LogP contribution in [0.5, 0.6) is 0 Å². The van der Waals surface area contributed by atoms with Gasteiger partial charge in [0.25, 0.3) is 0 Å². The van der Waals surface area contributed by atoms with Crippen LogP contribution >= 0.6 is 0 Å². The molecule has 0 saturated carbocycles. The minimum Gasteiger partial charge on any atom is -0.392 e. The fourth-order valence-corrected chi connectivity index (χ4v) is 2.34. The van der Waals surface area contributed by atoms with Gasteiger partial charge in [0, 0.05) is 17.9 Å². The summed E-state index contributed by atoms with van der Waals surface area (Å²) in [6, 6.07) is 14.7. The van der Waals surface area contributed by atoms with Crippen molar-refractivity contribution in [1.82, 2.24) is 0 Å². The van der Waals surface area contributed by atoms with Crippen molar-refractivity contribution < 1.29 is 5.11 Å². The molecule has 0 saturated heterocycles. The molecule has 0 aromatic heterocycles. The summed E-state index contributed by atoms with van der Waals surface area (Å²) >= 11 is 0. The van der Waals surface area contributed by atoms with Gasteiger partial charge in [-0.2, -0.15) is 0 Å². The van der Waals surface area contributed by atoms with Crippen LogP contribution in [-0.2, 0) is 6.61 Å². The number of benzene rings is 2. The van der Waals surface area contributed by atoms with Gasteiger partial charge in [-0.1, -0.05) is 29.8 Å². The van der Waals surface area contributed by atoms with E-state index in [1.165, 1.54) is 22.5 Å². The highest BCUT2D eigenvalue weighted by atomic mass is 16.3. The van der Waals surface area contributed by atoms with Crippen molar-refractivity contribution in [3.05, 3.63) is 59.2 Å². The highest BCUT2D eigenvalue weighted by Crippen LogP contribution is 2.29. The van der Waals surface area contributed by atoms with Gasteiger partial charge in [-0.05, 0) is 50.1 Å². The highest BCUT2D eigenvalue weighted by molar-refractivity contribution is 5.66. The summed E-state index contributed by atoms with van der Waals surface area (Å²) in [6.45, 7) is 7.35. The smallest absolute Gasteiger partial charge is 0.0681 e. The molecule has 19 heavy (non-hydrogen) atoms. The molecule has 0 heterocycles. The Balaban J connectivity index is 2.39. The summed E-state index contributed by atoms with van der Waals surface area (Å²) in [4.78, 5) is 2.29. The van der Waals surface area contributed by atoms with E-state index >= 15 is 0 Å². The van der Waals surface area contributed by atoms with E-state index in [-0.39, 0.29) is 6.61 Å². The largest absolute Gasteiger partial charge is 0.392 e. The van der Waals surface area contributed by atoms with Crippen LogP contribution in [0.15, 0.2) is 42.5 Å². The second-order valence-electron chi connectivity index (χ2n) is 4.86. The Kier molecular flexibility index (Phi) is 4.23. The first-order valence-electron chi connectivity index (χ1n) is 6.70. The Morgan fingerprint density at radius 2 is 1.68 bits per heavy atom. The standard InChI is InChI=1S/C17H21NO/c1-4-18(16-8-5-13(2)6-9-16)17-10-7-15(12-19)11-14(17)3/h5-11,19H,4,12H2,1-3H3. The summed E-state index contributed by atoms with van der Waals surface area (Å²) in [7, 11) is 0. The second-order valence-corrected chi connectivity index (χ2v) is 4.86. The first kappa shape index (κ1) is 13.6. The Labute approximate surface area is 115 Å². The molecule has 0 spiro atoms. The molecule has 0 atom stereocenters. The molecule has 2 aromatic rings. The van der Waals surface area contributed by atoms with E-state index in [1.807, 2.05) is 12.1 Å². The maximum absolute atomic E-state index is 9.18. The minimum absolute atomic E-state index is 0.0950. The molecule has 2 heteroatoms. The van der Waals surface area contributed by atoms with Crippen LogP contribution in [0, 0.1) is 13.8 Å². The van der Waals surface area contributed by atoms with Crippen molar-refractivity contribution in [2.24, 2.45) is 0 Å². The first-order valence-corrected chi connectivity index (χ1v) is 6.70. The van der Waals surface area contributed by atoms with Gasteiger partial charge in [-0.15, -0.1) is 0 Å². The molecule has 0 radical (unpaired) electrons. The Morgan fingerprint density at radius 3 is 2.21 bits per heavy atom. The molecule has 0 aliphatic heterocycles. The molecule has 0 fully saturated rings. The predicted molar refractivity (Wildman–Crippen MR) is 81.0 cm³/mol. The zero-order valence-corrected chi connectivity index (χ0v) is 11.9. The van der Waals surface area contributed by atoms with E-state index in [1.54, 1.807) is 0 Å². The molecular weight excluding hydrogens is 234 g/mol. The average Bonchev–Trinajstić information content (AvgIpc) is 2.43. The van der Waals surface area contributed by atoms with Crippen LogP contribution in [0.1, 0.15) is 23.6 Å². The lowest BCUT2D eigenvalue weighted by molar-refractivity contribution is 0.282. The van der Waals surface area contributed by atoms with Gasteiger partial charge in [-0.25, -0.2) is 0 Å². The lowest BCUT2D eigenvalue weighted by atomic mass is 10.1. The van der Waals surface area contributed by atoms with Crippen LogP contribution in [0.25, 0.3) is 0 Å². The van der Waals surface area contributed by atoms with Gasteiger partial charge >= 0.3 is 0 Å². The van der Waals surface area contributed by atoms with Crippen molar-refractivity contribution >= 4 is 11.4 Å². The minimum atomic E-state index is 0.0950. The Hall–Kier alpha value is -1.80. The fourth-order valence-electron chi connectivity index (χ4n) is 2.34. The van der Waals surface area contributed by atoms with Gasteiger partial charge in [0.15, 0.2) is 0 Å². The van der Waals surface area contributed by atoms with E-state index in [0.717, 1.165) is 12.1 Å². The molecule has 2 rings (SSSR count). The van der Waals surface area contributed by atoms with Gasteiger partial charge in [-0.3, -0.25) is 0 Å². The van der Waals surface area contributed by atoms with Crippen LogP contribution in [0.2, 0.25) is 0 Å². The quantitative estimate of drug-likeness (QED) is 0.894. The van der Waals surface area contributed by atoms with E-state index in [9.17, 15) is 5.11 Å². The van der Waals surface area contributed by atoms with Crippen molar-refractivity contribution in [1.29, 1.82) is 0 Å². The Bertz CT molecular complexity index is 546. The normalized spacial score (nSPS) is 10.5. The molecule has 0 unspecified atom stereocenters. The van der Waals surface area contributed by atoms with Gasteiger partial charge < -0.3 is 10.0 Å². The number of hydrogen-bond donors (Lipinski definition) is 1. The molecule has 0 amide bonds. The van der Waals surface area contributed by atoms with Crippen LogP contribution in [0.4, 0.5) is 11.4 Å². The average molecular weight is 255 g/mol. The molecule has 0 aliphatic rings. The predicted octanol–water partition coefficient (Wildman–Crippen LogP) is 3.95. The summed E-state index contributed by atoms with van der Waals surface area (Å²) in [5.41, 5.74) is 5.82. The number of aliphatic hydroxyl groups excluding tert-OH is 1. The molecule has 0 bridgehead atoms. The zero-order chi connectivity index (χ0) is 13.8. The van der Waals surface area contributed by atoms with Crippen molar-refractivity contribution in [3.8, 4) is 0 Å². The molecule has 2 aromatic carbocycles. The lowest BCUT2D eigenvalue weighted by Gasteiger charge is -2.25. The topological polar surface area (TPSA) is 23.5 Å². The molecule has 100 valence electrons. The maximum Gasteiger partial charge on any atom is 0.0681 e. The third kappa shape index (κ3) is 2.96. The first-order chi connectivity index (χ1) is 9.15. The zero-order valence-electron chi connectivity index (χ0n) is 11.9. The van der Waals surface area contributed by atoms with E-state index < -0.39 is 0 Å². The summed E-state index contributed by atoms with van der Waals surface area (Å²) in [6.07, 6.45) is 0. The van der Waals surface area contributed by atoms with Crippen LogP contribution in [0.3, 0.4) is 0 Å². The summed E-state index contributed by atoms with van der Waals surface area (Å²) < 4.78 is 0. The van der Waals surface area contributed by atoms with Crippen molar-refractivity contribution in [2.45, 2.75) is 27.4 Å². The second kappa shape index (κ2) is 5.89. The van der Waals surface area contributed by atoms with Gasteiger partial charge in [0.2, 0.25) is 0 Å². The van der Waals surface area contributed by atoms with Crippen LogP contribution in [-0.4, -0.2) is 11.7 Å². The summed E-state index contributed by atoms with van der Waals surface area (Å²) in [5, 5.41) is 9.18. The lowest BCUT2D eigenvalue weighted by Crippen LogP contribution is -2.17. The third-order valence-electron chi connectivity index (χ3n) is 3.40. The van der Waals surface area contributed by atoms with Crippen molar-refractivity contribution in [2.75, 3.05) is 11.4 Å². The van der Waals surface area contributed by atoms with E-state index in [4.69, 9.17) is 0 Å². The van der Waals surface area contributed by atoms with Crippen molar-refractivity contribution in [3.63, 3.8) is 0 Å². The van der Waals surface area contributed by atoms with E-state index in [0.29, 0.717) is 0 Å². The number of aliphatic hydroxyl groups is 1. The third-order valence-corrected chi connectivity index (χ3v) is 3.40. The van der Waals surface area contributed by atoms with Gasteiger partial charge in [0.1, 0.15) is 0 Å². The number of nitrogens with zero attached hydrogens (tertiary/aromatic N) is 1. The summed E-state index contributed by atoms with van der Waals surface area (Å²) in [5.74, 6) is 0. The number of anilines is 2. The maximum atomic E-state index is 9.18. The number of aryl methyl sites for hydroxylation is 2. The molecular formula is C17H21NO. The van der Waals surface area contributed by atoms with Crippen LogP contribution < -0.4 is 4.90 Å². The molecule has 0 aliphatic carbocycles. The Morgan fingerprint density at radius 1 is 1.00 bits per heavy atom. The monoisotopic (exact) mass is 255 g/mol. The number of hydrogen-bond acceptors (Lipinski definition) is 2. The molecule has 2 nitrogen and oxygen atoms in total. The number of rotatable bonds is 4.